The zero-order chi connectivity index (χ0) is 13.5. The molecule has 98 valence electrons. The van der Waals surface area contributed by atoms with Gasteiger partial charge in [-0.05, 0) is 31.4 Å². The Hall–Kier alpha value is -1.56. The quantitative estimate of drug-likeness (QED) is 0.813. The third-order valence-electron chi connectivity index (χ3n) is 2.95. The number of hydrogen-bond donors (Lipinski definition) is 1. The molecule has 0 aliphatic rings. The van der Waals surface area contributed by atoms with E-state index in [9.17, 15) is 4.39 Å². The summed E-state index contributed by atoms with van der Waals surface area (Å²) in [7, 11) is 0. The zero-order valence-electron chi connectivity index (χ0n) is 11.3. The number of hydrogen-bond acceptors (Lipinski definition) is 2. The number of nitriles is 1. The molecule has 1 rings (SSSR count). The Morgan fingerprint density at radius 3 is 2.61 bits per heavy atom. The summed E-state index contributed by atoms with van der Waals surface area (Å²) in [5.74, 6) is 0.248. The van der Waals surface area contributed by atoms with Gasteiger partial charge in [-0.2, -0.15) is 5.26 Å². The maximum Gasteiger partial charge on any atom is 0.143 e. The van der Waals surface area contributed by atoms with Crippen LogP contribution in [0.2, 0.25) is 0 Å². The van der Waals surface area contributed by atoms with E-state index in [0.29, 0.717) is 11.6 Å². The fourth-order valence-electron chi connectivity index (χ4n) is 1.93. The smallest absolute Gasteiger partial charge is 0.143 e. The molecular weight excluding hydrogens is 227 g/mol. The highest BCUT2D eigenvalue weighted by Crippen LogP contribution is 2.20. The van der Waals surface area contributed by atoms with E-state index in [1.807, 2.05) is 6.07 Å². The highest BCUT2D eigenvalue weighted by Gasteiger charge is 2.10. The van der Waals surface area contributed by atoms with Crippen LogP contribution in [0.25, 0.3) is 0 Å². The SMILES string of the molecule is CC(C)CCCC(C)Nc1cccc(F)c1C#N. The van der Waals surface area contributed by atoms with Crippen LogP contribution in [0.1, 0.15) is 45.6 Å². The average molecular weight is 248 g/mol. The highest BCUT2D eigenvalue weighted by molar-refractivity contribution is 5.58. The molecule has 0 heterocycles. The van der Waals surface area contributed by atoms with E-state index in [1.165, 1.54) is 12.5 Å². The second-order valence-electron chi connectivity index (χ2n) is 5.14. The topological polar surface area (TPSA) is 35.8 Å². The van der Waals surface area contributed by atoms with Crippen LogP contribution in [-0.2, 0) is 0 Å². The number of benzene rings is 1. The van der Waals surface area contributed by atoms with Crippen molar-refractivity contribution in [2.75, 3.05) is 5.32 Å². The molecule has 1 aromatic rings. The van der Waals surface area contributed by atoms with Gasteiger partial charge in [-0.25, -0.2) is 4.39 Å². The first-order valence-electron chi connectivity index (χ1n) is 6.49. The highest BCUT2D eigenvalue weighted by atomic mass is 19.1. The maximum absolute atomic E-state index is 13.4. The fraction of sp³-hybridized carbons (Fsp3) is 0.533. The second-order valence-corrected chi connectivity index (χ2v) is 5.14. The van der Waals surface area contributed by atoms with Gasteiger partial charge in [0, 0.05) is 6.04 Å². The van der Waals surface area contributed by atoms with Gasteiger partial charge in [0.15, 0.2) is 0 Å². The van der Waals surface area contributed by atoms with E-state index in [1.54, 1.807) is 12.1 Å². The maximum atomic E-state index is 13.4. The minimum Gasteiger partial charge on any atom is -0.381 e. The Morgan fingerprint density at radius 2 is 2.00 bits per heavy atom. The van der Waals surface area contributed by atoms with E-state index in [2.05, 4.69) is 26.1 Å². The van der Waals surface area contributed by atoms with E-state index in [4.69, 9.17) is 5.26 Å². The Labute approximate surface area is 109 Å². The Bertz CT molecular complexity index is 421. The summed E-state index contributed by atoms with van der Waals surface area (Å²) in [6, 6.07) is 6.84. The van der Waals surface area contributed by atoms with Crippen LogP contribution in [0.3, 0.4) is 0 Å². The number of nitrogens with one attached hydrogen (secondary N) is 1. The van der Waals surface area contributed by atoms with Crippen LogP contribution < -0.4 is 5.32 Å². The van der Waals surface area contributed by atoms with Crippen LogP contribution in [0.4, 0.5) is 10.1 Å². The molecule has 0 amide bonds. The largest absolute Gasteiger partial charge is 0.381 e. The minimum atomic E-state index is -0.461. The van der Waals surface area contributed by atoms with Crippen molar-refractivity contribution < 1.29 is 4.39 Å². The summed E-state index contributed by atoms with van der Waals surface area (Å²) in [6.07, 6.45) is 3.36. The summed E-state index contributed by atoms with van der Waals surface area (Å²) >= 11 is 0. The fourth-order valence-corrected chi connectivity index (χ4v) is 1.93. The van der Waals surface area contributed by atoms with E-state index in [-0.39, 0.29) is 11.6 Å². The molecule has 0 aliphatic heterocycles. The standard InChI is InChI=1S/C15H21FN2/c1-11(2)6-4-7-12(3)18-15-9-5-8-14(16)13(15)10-17/h5,8-9,11-12,18H,4,6-7H2,1-3H3. The lowest BCUT2D eigenvalue weighted by atomic mass is 10.0. The first-order valence-corrected chi connectivity index (χ1v) is 6.49. The first kappa shape index (κ1) is 14.5. The molecule has 0 saturated heterocycles. The molecule has 18 heavy (non-hydrogen) atoms. The van der Waals surface area contributed by atoms with Crippen molar-refractivity contribution >= 4 is 5.69 Å². The van der Waals surface area contributed by atoms with Crippen molar-refractivity contribution in [2.45, 2.75) is 46.1 Å². The minimum absolute atomic E-state index is 0.105. The van der Waals surface area contributed by atoms with Gasteiger partial charge in [-0.3, -0.25) is 0 Å². The van der Waals surface area contributed by atoms with Crippen LogP contribution in [0.15, 0.2) is 18.2 Å². The summed E-state index contributed by atoms with van der Waals surface area (Å²) in [4.78, 5) is 0. The summed E-state index contributed by atoms with van der Waals surface area (Å²) < 4.78 is 13.4. The van der Waals surface area contributed by atoms with Crippen LogP contribution in [0.5, 0.6) is 0 Å². The van der Waals surface area contributed by atoms with E-state index in [0.717, 1.165) is 12.8 Å². The molecule has 0 saturated carbocycles. The number of rotatable bonds is 6. The van der Waals surface area contributed by atoms with Crippen molar-refractivity contribution in [1.29, 1.82) is 5.26 Å². The molecule has 0 spiro atoms. The van der Waals surface area contributed by atoms with Gasteiger partial charge in [0.1, 0.15) is 17.4 Å². The molecule has 1 atom stereocenters. The Balaban J connectivity index is 2.57. The lowest BCUT2D eigenvalue weighted by molar-refractivity contribution is 0.520. The van der Waals surface area contributed by atoms with E-state index >= 15 is 0 Å². The number of halogens is 1. The van der Waals surface area contributed by atoms with Crippen LogP contribution in [-0.4, -0.2) is 6.04 Å². The molecule has 1 N–H and O–H groups in total. The van der Waals surface area contributed by atoms with Crippen LogP contribution in [0, 0.1) is 23.1 Å². The van der Waals surface area contributed by atoms with Gasteiger partial charge < -0.3 is 5.32 Å². The van der Waals surface area contributed by atoms with Crippen molar-refractivity contribution in [3.05, 3.63) is 29.6 Å². The molecular formula is C15H21FN2. The normalized spacial score (nSPS) is 12.2. The van der Waals surface area contributed by atoms with Gasteiger partial charge in [-0.15, -0.1) is 0 Å². The third kappa shape index (κ3) is 4.37. The summed E-state index contributed by atoms with van der Waals surface area (Å²) in [5, 5.41) is 12.1. The summed E-state index contributed by atoms with van der Waals surface area (Å²) in [6.45, 7) is 6.48. The van der Waals surface area contributed by atoms with E-state index < -0.39 is 5.82 Å². The Morgan fingerprint density at radius 1 is 1.28 bits per heavy atom. The van der Waals surface area contributed by atoms with Crippen molar-refractivity contribution in [3.63, 3.8) is 0 Å². The second kappa shape index (κ2) is 7.00. The molecule has 2 nitrogen and oxygen atoms in total. The summed E-state index contributed by atoms with van der Waals surface area (Å²) in [5.41, 5.74) is 0.697. The molecule has 0 radical (unpaired) electrons. The van der Waals surface area contributed by atoms with Gasteiger partial charge in [0.2, 0.25) is 0 Å². The number of nitrogens with zero attached hydrogens (tertiary/aromatic N) is 1. The van der Waals surface area contributed by atoms with Gasteiger partial charge >= 0.3 is 0 Å². The molecule has 0 aliphatic carbocycles. The molecule has 0 bridgehead atoms. The first-order chi connectivity index (χ1) is 8.54. The lowest BCUT2D eigenvalue weighted by Gasteiger charge is -2.16. The van der Waals surface area contributed by atoms with Crippen molar-refractivity contribution in [2.24, 2.45) is 5.92 Å². The number of anilines is 1. The molecule has 3 heteroatoms. The van der Waals surface area contributed by atoms with Crippen molar-refractivity contribution in [1.82, 2.24) is 0 Å². The Kier molecular flexibility index (Phi) is 5.64. The van der Waals surface area contributed by atoms with Gasteiger partial charge in [-0.1, -0.05) is 32.8 Å². The zero-order valence-corrected chi connectivity index (χ0v) is 11.3. The van der Waals surface area contributed by atoms with Gasteiger partial charge in [0.25, 0.3) is 0 Å². The predicted molar refractivity (Wildman–Crippen MR) is 72.9 cm³/mol. The van der Waals surface area contributed by atoms with Crippen molar-refractivity contribution in [3.8, 4) is 6.07 Å². The monoisotopic (exact) mass is 248 g/mol. The third-order valence-corrected chi connectivity index (χ3v) is 2.95. The van der Waals surface area contributed by atoms with Gasteiger partial charge in [0.05, 0.1) is 5.69 Å². The molecule has 0 fully saturated rings. The van der Waals surface area contributed by atoms with Crippen LogP contribution >= 0.6 is 0 Å². The average Bonchev–Trinajstić information content (AvgIpc) is 2.28. The lowest BCUT2D eigenvalue weighted by Crippen LogP contribution is -2.16. The molecule has 1 unspecified atom stereocenters. The predicted octanol–water partition coefficient (Wildman–Crippen LogP) is 4.32. The molecule has 0 aromatic heterocycles. The molecule has 1 aromatic carbocycles.